The molecule has 0 atom stereocenters. The van der Waals surface area contributed by atoms with Gasteiger partial charge in [0.25, 0.3) is 0 Å². The highest BCUT2D eigenvalue weighted by molar-refractivity contribution is 8.00. The van der Waals surface area contributed by atoms with Crippen LogP contribution < -0.4 is 5.32 Å². The van der Waals surface area contributed by atoms with Crippen molar-refractivity contribution in [1.29, 1.82) is 0 Å². The topological polar surface area (TPSA) is 15.3 Å². The molecule has 1 N–H and O–H groups in total. The van der Waals surface area contributed by atoms with Crippen molar-refractivity contribution in [2.24, 2.45) is 0 Å². The largest absolute Gasteiger partial charge is 0.313 e. The van der Waals surface area contributed by atoms with E-state index in [2.05, 4.69) is 35.2 Å². The minimum atomic E-state index is 0.570. The van der Waals surface area contributed by atoms with Crippen LogP contribution in [0, 0.1) is 0 Å². The number of hydrogen-bond donors (Lipinski definition) is 1. The fourth-order valence-corrected chi connectivity index (χ4v) is 4.40. The third-order valence-corrected chi connectivity index (χ3v) is 6.21. The van der Waals surface area contributed by atoms with Gasteiger partial charge in [-0.2, -0.15) is 11.8 Å². The summed E-state index contributed by atoms with van der Waals surface area (Å²) in [5.41, 5.74) is 0. The summed E-state index contributed by atoms with van der Waals surface area (Å²) in [6.45, 7) is 7.43. The highest BCUT2D eigenvalue weighted by atomic mass is 32.2. The predicted octanol–water partition coefficient (Wildman–Crippen LogP) is 3.13. The van der Waals surface area contributed by atoms with Crippen LogP contribution in [0.3, 0.4) is 0 Å². The molecule has 2 nitrogen and oxygen atoms in total. The molecule has 2 aliphatic rings. The molecule has 0 aromatic rings. The van der Waals surface area contributed by atoms with Crippen molar-refractivity contribution >= 4 is 11.8 Å². The Hall–Kier alpha value is 0.270. The van der Waals surface area contributed by atoms with Crippen molar-refractivity contribution < 1.29 is 0 Å². The Kier molecular flexibility index (Phi) is 5.84. The van der Waals surface area contributed by atoms with Crippen LogP contribution in [0.2, 0.25) is 0 Å². The van der Waals surface area contributed by atoms with Crippen molar-refractivity contribution in [2.45, 2.75) is 62.7 Å². The molecule has 0 unspecified atom stereocenters. The minimum Gasteiger partial charge on any atom is -0.313 e. The van der Waals surface area contributed by atoms with Crippen molar-refractivity contribution in [1.82, 2.24) is 10.2 Å². The molecule has 18 heavy (non-hydrogen) atoms. The highest BCUT2D eigenvalue weighted by Gasteiger charge is 2.33. The molecule has 0 aromatic heterocycles. The zero-order valence-corrected chi connectivity index (χ0v) is 13.0. The van der Waals surface area contributed by atoms with E-state index in [1.54, 1.807) is 0 Å². The Morgan fingerprint density at radius 1 is 1.22 bits per heavy atom. The normalized spacial score (nSPS) is 25.7. The van der Waals surface area contributed by atoms with Crippen molar-refractivity contribution in [3.8, 4) is 0 Å². The van der Waals surface area contributed by atoms with Gasteiger partial charge in [-0.15, -0.1) is 0 Å². The monoisotopic (exact) mass is 270 g/mol. The van der Waals surface area contributed by atoms with Crippen LogP contribution in [0.15, 0.2) is 0 Å². The lowest BCUT2D eigenvalue weighted by atomic mass is 10.0. The summed E-state index contributed by atoms with van der Waals surface area (Å²) in [5, 5.41) is 3.87. The first kappa shape index (κ1) is 14.7. The number of piperidine rings is 1. The summed E-state index contributed by atoms with van der Waals surface area (Å²) >= 11 is 2.10. The maximum Gasteiger partial charge on any atom is 0.0281 e. The molecule has 2 fully saturated rings. The molecule has 1 aliphatic carbocycles. The fraction of sp³-hybridized carbons (Fsp3) is 1.00. The summed E-state index contributed by atoms with van der Waals surface area (Å²) in [6, 6.07) is 0.780. The first-order valence-electron chi connectivity index (χ1n) is 7.79. The number of thioether (sulfide) groups is 1. The lowest BCUT2D eigenvalue weighted by Crippen LogP contribution is -2.46. The van der Waals surface area contributed by atoms with Crippen LogP contribution in [-0.4, -0.2) is 48.1 Å². The molecule has 1 aliphatic heterocycles. The third kappa shape index (κ3) is 3.88. The van der Waals surface area contributed by atoms with E-state index in [0.717, 1.165) is 6.04 Å². The van der Waals surface area contributed by atoms with Gasteiger partial charge in [-0.25, -0.2) is 0 Å². The molecular weight excluding hydrogens is 240 g/mol. The fourth-order valence-electron chi connectivity index (χ4n) is 3.48. The van der Waals surface area contributed by atoms with E-state index in [4.69, 9.17) is 0 Å². The molecule has 0 radical (unpaired) electrons. The van der Waals surface area contributed by atoms with E-state index in [-0.39, 0.29) is 0 Å². The van der Waals surface area contributed by atoms with Gasteiger partial charge < -0.3 is 10.2 Å². The van der Waals surface area contributed by atoms with Crippen LogP contribution >= 0.6 is 11.8 Å². The molecule has 1 saturated carbocycles. The van der Waals surface area contributed by atoms with Crippen LogP contribution in [0.4, 0.5) is 0 Å². The average Bonchev–Trinajstić information content (AvgIpc) is 2.88. The van der Waals surface area contributed by atoms with E-state index in [9.17, 15) is 0 Å². The van der Waals surface area contributed by atoms with Crippen LogP contribution in [0.5, 0.6) is 0 Å². The van der Waals surface area contributed by atoms with Crippen LogP contribution in [-0.2, 0) is 0 Å². The van der Waals surface area contributed by atoms with E-state index < -0.39 is 0 Å². The second-order valence-corrected chi connectivity index (χ2v) is 7.37. The number of hydrogen-bond acceptors (Lipinski definition) is 3. The molecule has 3 heteroatoms. The lowest BCUT2D eigenvalue weighted by Gasteiger charge is -2.35. The van der Waals surface area contributed by atoms with Gasteiger partial charge >= 0.3 is 0 Å². The van der Waals surface area contributed by atoms with Gasteiger partial charge in [0, 0.05) is 17.3 Å². The van der Waals surface area contributed by atoms with E-state index in [1.807, 2.05) is 0 Å². The minimum absolute atomic E-state index is 0.570. The van der Waals surface area contributed by atoms with Gasteiger partial charge in [-0.3, -0.25) is 0 Å². The zero-order chi connectivity index (χ0) is 12.8. The Morgan fingerprint density at radius 3 is 2.44 bits per heavy atom. The van der Waals surface area contributed by atoms with E-state index >= 15 is 0 Å². The summed E-state index contributed by atoms with van der Waals surface area (Å²) < 4.78 is 0.570. The van der Waals surface area contributed by atoms with E-state index in [1.165, 1.54) is 71.1 Å². The van der Waals surface area contributed by atoms with Crippen molar-refractivity contribution in [3.05, 3.63) is 0 Å². The number of rotatable bonds is 6. The Labute approximate surface area is 117 Å². The second-order valence-electron chi connectivity index (χ2n) is 6.09. The maximum absolute atomic E-state index is 3.87. The average molecular weight is 270 g/mol. The molecule has 0 aromatic carbocycles. The number of nitrogens with zero attached hydrogens (tertiary/aromatic N) is 1. The summed E-state index contributed by atoms with van der Waals surface area (Å²) in [6.07, 6.45) is 12.0. The molecule has 2 rings (SSSR count). The predicted molar refractivity (Wildman–Crippen MR) is 82.5 cm³/mol. The van der Waals surface area contributed by atoms with Gasteiger partial charge in [0.15, 0.2) is 0 Å². The molecule has 0 bridgehead atoms. The standard InChI is InChI=1S/C15H30N2S/c1-3-10-17-11-6-14(7-12-17)16-13-15(18-2)8-4-5-9-15/h14,16H,3-13H2,1-2H3. The third-order valence-electron chi connectivity index (χ3n) is 4.79. The lowest BCUT2D eigenvalue weighted by molar-refractivity contribution is 0.196. The van der Waals surface area contributed by atoms with Crippen LogP contribution in [0.1, 0.15) is 51.9 Å². The van der Waals surface area contributed by atoms with Gasteiger partial charge in [-0.05, 0) is 58.0 Å². The van der Waals surface area contributed by atoms with Crippen molar-refractivity contribution in [2.75, 3.05) is 32.4 Å². The number of likely N-dealkylation sites (tertiary alicyclic amines) is 1. The van der Waals surface area contributed by atoms with Gasteiger partial charge in [0.2, 0.25) is 0 Å². The molecular formula is C15H30N2S. The molecule has 1 heterocycles. The first-order valence-corrected chi connectivity index (χ1v) is 9.01. The molecule has 0 spiro atoms. The summed E-state index contributed by atoms with van der Waals surface area (Å²) in [5.74, 6) is 0. The van der Waals surface area contributed by atoms with Crippen molar-refractivity contribution in [3.63, 3.8) is 0 Å². The molecule has 106 valence electrons. The van der Waals surface area contributed by atoms with Gasteiger partial charge in [-0.1, -0.05) is 19.8 Å². The summed E-state index contributed by atoms with van der Waals surface area (Å²) in [7, 11) is 0. The SMILES string of the molecule is CCCN1CCC(NCC2(SC)CCCC2)CC1. The Bertz CT molecular complexity index is 231. The molecule has 1 saturated heterocycles. The Morgan fingerprint density at radius 2 is 1.89 bits per heavy atom. The maximum atomic E-state index is 3.87. The molecule has 0 amide bonds. The zero-order valence-electron chi connectivity index (χ0n) is 12.2. The van der Waals surface area contributed by atoms with Gasteiger partial charge in [0.05, 0.1) is 0 Å². The number of nitrogens with one attached hydrogen (secondary N) is 1. The Balaban J connectivity index is 1.68. The van der Waals surface area contributed by atoms with E-state index in [0.29, 0.717) is 4.75 Å². The first-order chi connectivity index (χ1) is 8.78. The second kappa shape index (κ2) is 7.16. The highest BCUT2D eigenvalue weighted by Crippen LogP contribution is 2.39. The van der Waals surface area contributed by atoms with Gasteiger partial charge in [0.1, 0.15) is 0 Å². The smallest absolute Gasteiger partial charge is 0.0281 e. The van der Waals surface area contributed by atoms with Crippen LogP contribution in [0.25, 0.3) is 0 Å². The quantitative estimate of drug-likeness (QED) is 0.798. The summed E-state index contributed by atoms with van der Waals surface area (Å²) in [4.78, 5) is 2.62.